The van der Waals surface area contributed by atoms with Gasteiger partial charge in [0.25, 0.3) is 0 Å². The minimum atomic E-state index is -0.780. The van der Waals surface area contributed by atoms with E-state index >= 15 is 0 Å². The molecule has 3 aromatic carbocycles. The number of aryl methyl sites for hydroxylation is 1. The normalized spacial score (nSPS) is 10.4. The predicted octanol–water partition coefficient (Wildman–Crippen LogP) is 6.67. The minimum Gasteiger partial charge on any atom is -0.494 e. The summed E-state index contributed by atoms with van der Waals surface area (Å²) in [5, 5.41) is 0. The highest BCUT2D eigenvalue weighted by Gasteiger charge is 2.20. The Bertz CT molecular complexity index is 1420. The highest BCUT2D eigenvalue weighted by Crippen LogP contribution is 2.27. The first-order valence-corrected chi connectivity index (χ1v) is 14.1. The highest BCUT2D eigenvalue weighted by atomic mass is 16.6. The Morgan fingerprint density at radius 1 is 0.674 bits per heavy atom. The monoisotopic (exact) mass is 588 g/mol. The zero-order valence-electron chi connectivity index (χ0n) is 24.7. The van der Waals surface area contributed by atoms with Gasteiger partial charge in [0.05, 0.1) is 30.9 Å². The maximum absolute atomic E-state index is 13.0. The molecule has 0 atom stereocenters. The van der Waals surface area contributed by atoms with Crippen LogP contribution in [-0.4, -0.2) is 43.7 Å². The van der Waals surface area contributed by atoms with Crippen molar-refractivity contribution < 1.29 is 42.9 Å². The first-order chi connectivity index (χ1) is 20.7. The van der Waals surface area contributed by atoms with E-state index in [-0.39, 0.29) is 35.8 Å². The first kappa shape index (κ1) is 32.6. The summed E-state index contributed by atoms with van der Waals surface area (Å²) < 4.78 is 27.1. The summed E-state index contributed by atoms with van der Waals surface area (Å²) in [7, 11) is 0. The lowest BCUT2D eigenvalue weighted by Crippen LogP contribution is -2.15. The average Bonchev–Trinajstić information content (AvgIpc) is 3.00. The van der Waals surface area contributed by atoms with Gasteiger partial charge in [-0.15, -0.1) is 0 Å². The van der Waals surface area contributed by atoms with Gasteiger partial charge in [-0.25, -0.2) is 19.2 Å². The number of hydrogen-bond donors (Lipinski definition) is 0. The van der Waals surface area contributed by atoms with Gasteiger partial charge in [0.15, 0.2) is 0 Å². The molecule has 0 aliphatic heterocycles. The third kappa shape index (κ3) is 10.5. The molecule has 0 aliphatic rings. The molecule has 0 aromatic heterocycles. The first-order valence-electron chi connectivity index (χ1n) is 14.1. The number of rotatable bonds is 15. The van der Waals surface area contributed by atoms with E-state index in [1.165, 1.54) is 18.2 Å². The molecule has 3 rings (SSSR count). The van der Waals surface area contributed by atoms with Crippen molar-refractivity contribution >= 4 is 23.9 Å². The van der Waals surface area contributed by atoms with Gasteiger partial charge in [0.1, 0.15) is 22.8 Å². The van der Waals surface area contributed by atoms with Gasteiger partial charge < -0.3 is 23.7 Å². The van der Waals surface area contributed by atoms with E-state index in [1.54, 1.807) is 55.5 Å². The van der Waals surface area contributed by atoms with Crippen LogP contribution in [0.5, 0.6) is 17.2 Å². The van der Waals surface area contributed by atoms with Gasteiger partial charge in [-0.05, 0) is 87.7 Å². The van der Waals surface area contributed by atoms with Crippen molar-refractivity contribution in [3.8, 4) is 17.2 Å². The van der Waals surface area contributed by atoms with Crippen molar-refractivity contribution in [2.24, 2.45) is 0 Å². The van der Waals surface area contributed by atoms with Crippen molar-refractivity contribution in [1.29, 1.82) is 0 Å². The summed E-state index contributed by atoms with van der Waals surface area (Å²) in [5.41, 5.74) is 1.76. The molecule has 0 radical (unpaired) electrons. The average molecular weight is 589 g/mol. The summed E-state index contributed by atoms with van der Waals surface area (Å²) in [6.07, 6.45) is 2.81. The van der Waals surface area contributed by atoms with Crippen LogP contribution in [0.4, 0.5) is 0 Å². The maximum Gasteiger partial charge on any atom is 0.343 e. The molecular formula is C34H36O9. The van der Waals surface area contributed by atoms with E-state index in [2.05, 4.69) is 13.5 Å². The molecule has 0 spiro atoms. The Morgan fingerprint density at radius 3 is 1.88 bits per heavy atom. The third-order valence-corrected chi connectivity index (χ3v) is 6.08. The van der Waals surface area contributed by atoms with Crippen molar-refractivity contribution in [3.63, 3.8) is 0 Å². The lowest BCUT2D eigenvalue weighted by Gasteiger charge is -2.13. The van der Waals surface area contributed by atoms with Crippen LogP contribution < -0.4 is 14.2 Å². The Hall–Kier alpha value is -4.92. The predicted molar refractivity (Wildman–Crippen MR) is 160 cm³/mol. The third-order valence-electron chi connectivity index (χ3n) is 6.08. The number of carbonyl (C=O) groups is 4. The Labute approximate surface area is 251 Å². The van der Waals surface area contributed by atoms with E-state index in [9.17, 15) is 19.2 Å². The van der Waals surface area contributed by atoms with Crippen molar-refractivity contribution in [3.05, 3.63) is 101 Å². The second-order valence-electron chi connectivity index (χ2n) is 9.79. The summed E-state index contributed by atoms with van der Waals surface area (Å²) >= 11 is 0. The van der Waals surface area contributed by atoms with E-state index in [0.29, 0.717) is 36.3 Å². The summed E-state index contributed by atoms with van der Waals surface area (Å²) in [4.78, 5) is 50.1. The Kier molecular flexibility index (Phi) is 12.5. The number of carbonyl (C=O) groups excluding carboxylic acids is 4. The number of hydrogen-bond acceptors (Lipinski definition) is 9. The standard InChI is InChI=1S/C34H36O9/c1-5-6-19-39-27-15-13-26(14-16-27)32(36)42-28-17-18-30(43-33(37)25-11-9-24(4)10-12-25)29(22-28)34(38)41-21-8-7-20-40-31(35)23(2)3/h9-18,22H,2,5-8,19-21H2,1,3-4H3. The molecule has 0 fully saturated rings. The van der Waals surface area contributed by atoms with Crippen LogP contribution in [0.3, 0.4) is 0 Å². The number of ether oxygens (including phenoxy) is 5. The smallest absolute Gasteiger partial charge is 0.343 e. The van der Waals surface area contributed by atoms with E-state index in [4.69, 9.17) is 23.7 Å². The van der Waals surface area contributed by atoms with E-state index in [0.717, 1.165) is 18.4 Å². The summed E-state index contributed by atoms with van der Waals surface area (Å²) in [5.74, 6) is -1.94. The molecule has 0 unspecified atom stereocenters. The molecule has 3 aromatic rings. The molecule has 226 valence electrons. The zero-order valence-corrected chi connectivity index (χ0v) is 24.7. The molecule has 0 bridgehead atoms. The van der Waals surface area contributed by atoms with Gasteiger partial charge in [-0.2, -0.15) is 0 Å². The van der Waals surface area contributed by atoms with Crippen LogP contribution in [0.25, 0.3) is 0 Å². The summed E-state index contributed by atoms with van der Waals surface area (Å²) in [6.45, 7) is 9.80. The molecule has 9 heteroatoms. The van der Waals surface area contributed by atoms with Gasteiger partial charge >= 0.3 is 23.9 Å². The minimum absolute atomic E-state index is 0.0193. The number of benzene rings is 3. The van der Waals surface area contributed by atoms with Gasteiger partial charge in [0.2, 0.25) is 0 Å². The van der Waals surface area contributed by atoms with Crippen LogP contribution in [0.1, 0.15) is 76.2 Å². The number of esters is 4. The van der Waals surface area contributed by atoms with Crippen LogP contribution in [0.2, 0.25) is 0 Å². The molecule has 0 saturated carbocycles. The molecular weight excluding hydrogens is 552 g/mol. The molecule has 0 saturated heterocycles. The topological polar surface area (TPSA) is 114 Å². The lowest BCUT2D eigenvalue weighted by molar-refractivity contribution is -0.139. The second-order valence-corrected chi connectivity index (χ2v) is 9.79. The van der Waals surface area contributed by atoms with Gasteiger partial charge in [-0.3, -0.25) is 0 Å². The van der Waals surface area contributed by atoms with Gasteiger partial charge in [0, 0.05) is 5.57 Å². The zero-order chi connectivity index (χ0) is 31.2. The van der Waals surface area contributed by atoms with Gasteiger partial charge in [-0.1, -0.05) is 37.6 Å². The van der Waals surface area contributed by atoms with Crippen molar-refractivity contribution in [1.82, 2.24) is 0 Å². The molecule has 9 nitrogen and oxygen atoms in total. The van der Waals surface area contributed by atoms with Crippen molar-refractivity contribution in [2.45, 2.75) is 46.5 Å². The van der Waals surface area contributed by atoms with E-state index in [1.807, 2.05) is 6.92 Å². The Balaban J connectivity index is 1.70. The van der Waals surface area contributed by atoms with Crippen LogP contribution in [0, 0.1) is 6.92 Å². The quantitative estimate of drug-likeness (QED) is 0.0831. The molecule has 0 N–H and O–H groups in total. The molecule has 0 aliphatic carbocycles. The summed E-state index contributed by atoms with van der Waals surface area (Å²) in [6, 6.07) is 17.4. The fourth-order valence-corrected chi connectivity index (χ4v) is 3.59. The van der Waals surface area contributed by atoms with E-state index < -0.39 is 23.9 Å². The number of unbranched alkanes of at least 4 members (excludes halogenated alkanes) is 2. The Morgan fingerprint density at radius 2 is 1.26 bits per heavy atom. The maximum atomic E-state index is 13.0. The molecule has 0 amide bonds. The van der Waals surface area contributed by atoms with Crippen LogP contribution >= 0.6 is 0 Å². The highest BCUT2D eigenvalue weighted by molar-refractivity contribution is 5.97. The van der Waals surface area contributed by atoms with Crippen LogP contribution in [0.15, 0.2) is 78.9 Å². The molecule has 43 heavy (non-hydrogen) atoms. The second kappa shape index (κ2) is 16.5. The largest absolute Gasteiger partial charge is 0.494 e. The molecule has 0 heterocycles. The lowest BCUT2D eigenvalue weighted by atomic mass is 10.1. The fraction of sp³-hybridized carbons (Fsp3) is 0.294. The fourth-order valence-electron chi connectivity index (χ4n) is 3.59. The van der Waals surface area contributed by atoms with Crippen LogP contribution in [-0.2, 0) is 14.3 Å². The van der Waals surface area contributed by atoms with Crippen molar-refractivity contribution in [2.75, 3.05) is 19.8 Å². The SMILES string of the molecule is C=C(C)C(=O)OCCCCOC(=O)c1cc(OC(=O)c2ccc(OCCCC)cc2)ccc1OC(=O)c1ccc(C)cc1.